The van der Waals surface area contributed by atoms with Crippen LogP contribution in [0.4, 0.5) is 5.13 Å². The van der Waals surface area contributed by atoms with Crippen molar-refractivity contribution in [3.63, 3.8) is 0 Å². The molecule has 0 aliphatic carbocycles. The van der Waals surface area contributed by atoms with Gasteiger partial charge in [0.1, 0.15) is 0 Å². The van der Waals surface area contributed by atoms with Gasteiger partial charge in [-0.25, -0.2) is 4.98 Å². The molecule has 0 bridgehead atoms. The number of hydrogen-bond donors (Lipinski definition) is 2. The van der Waals surface area contributed by atoms with Gasteiger partial charge in [-0.05, 0) is 0 Å². The lowest BCUT2D eigenvalue weighted by molar-refractivity contribution is -0.117. The van der Waals surface area contributed by atoms with Crippen LogP contribution in [0.3, 0.4) is 0 Å². The molecule has 12 heavy (non-hydrogen) atoms. The lowest BCUT2D eigenvalue weighted by Gasteiger charge is -1.78. The van der Waals surface area contributed by atoms with E-state index in [1.165, 1.54) is 11.3 Å². The molecule has 4 N–H and O–H groups in total. The van der Waals surface area contributed by atoms with E-state index in [2.05, 4.69) is 16.8 Å². The van der Waals surface area contributed by atoms with E-state index in [0.717, 1.165) is 4.88 Å². The molecule has 1 rings (SSSR count). The summed E-state index contributed by atoms with van der Waals surface area (Å²) in [6, 6.07) is 0. The summed E-state index contributed by atoms with van der Waals surface area (Å²) < 4.78 is 0. The summed E-state index contributed by atoms with van der Waals surface area (Å²) in [6.07, 6.45) is 1.63. The van der Waals surface area contributed by atoms with Crippen LogP contribution in [0, 0.1) is 11.8 Å². The number of primary amides is 1. The first-order valence-electron chi connectivity index (χ1n) is 3.17. The molecule has 1 amide bonds. The average Bonchev–Trinajstić information content (AvgIpc) is 2.35. The minimum atomic E-state index is -0.431. The van der Waals surface area contributed by atoms with Crippen molar-refractivity contribution in [2.75, 3.05) is 5.73 Å². The number of anilines is 1. The number of carbonyl (C=O) groups excluding carboxylic acids is 1. The molecule has 0 saturated carbocycles. The molecule has 0 aliphatic heterocycles. The van der Waals surface area contributed by atoms with Crippen LogP contribution >= 0.6 is 11.3 Å². The van der Waals surface area contributed by atoms with Gasteiger partial charge in [-0.15, -0.1) is 0 Å². The molecule has 0 saturated heterocycles. The first-order valence-corrected chi connectivity index (χ1v) is 3.98. The van der Waals surface area contributed by atoms with Gasteiger partial charge in [0, 0.05) is 0 Å². The van der Waals surface area contributed by atoms with Crippen LogP contribution in [-0.2, 0) is 4.79 Å². The molecule has 1 aromatic rings. The summed E-state index contributed by atoms with van der Waals surface area (Å²) in [4.78, 5) is 14.8. The Morgan fingerprint density at radius 3 is 3.00 bits per heavy atom. The second kappa shape index (κ2) is 3.74. The molecule has 0 radical (unpaired) electrons. The molecule has 5 heteroatoms. The molecular weight excluding hydrogens is 174 g/mol. The number of nitrogens with zero attached hydrogens (tertiary/aromatic N) is 1. The van der Waals surface area contributed by atoms with Crippen LogP contribution in [0.15, 0.2) is 6.20 Å². The molecule has 0 aromatic carbocycles. The molecule has 0 unspecified atom stereocenters. The number of nitrogens with two attached hydrogens (primary N) is 2. The highest BCUT2D eigenvalue weighted by Gasteiger charge is 1.92. The third-order valence-electron chi connectivity index (χ3n) is 0.998. The van der Waals surface area contributed by atoms with Gasteiger partial charge in [0.25, 0.3) is 0 Å². The zero-order valence-electron chi connectivity index (χ0n) is 6.20. The minimum Gasteiger partial charge on any atom is -0.375 e. The fourth-order valence-electron chi connectivity index (χ4n) is 0.564. The Kier molecular flexibility index (Phi) is 2.66. The number of aromatic nitrogens is 1. The van der Waals surface area contributed by atoms with E-state index in [0.29, 0.717) is 5.13 Å². The summed E-state index contributed by atoms with van der Waals surface area (Å²) in [5.74, 6) is 4.90. The summed E-state index contributed by atoms with van der Waals surface area (Å²) in [7, 11) is 0. The van der Waals surface area contributed by atoms with Gasteiger partial charge in [-0.1, -0.05) is 23.2 Å². The Labute approximate surface area is 73.6 Å². The molecule has 62 valence electrons. The van der Waals surface area contributed by atoms with Gasteiger partial charge in [0.15, 0.2) is 5.13 Å². The number of hydrogen-bond acceptors (Lipinski definition) is 4. The molecule has 0 spiro atoms. The zero-order valence-corrected chi connectivity index (χ0v) is 7.02. The third kappa shape index (κ3) is 2.60. The zero-order chi connectivity index (χ0) is 8.97. The summed E-state index contributed by atoms with van der Waals surface area (Å²) in [6.45, 7) is 0. The van der Waals surface area contributed by atoms with Crippen molar-refractivity contribution >= 4 is 22.4 Å². The van der Waals surface area contributed by atoms with Gasteiger partial charge in [0.05, 0.1) is 17.5 Å². The number of thiazole rings is 1. The van der Waals surface area contributed by atoms with E-state index in [1.807, 2.05) is 0 Å². The lowest BCUT2D eigenvalue weighted by atomic mass is 10.4. The van der Waals surface area contributed by atoms with Gasteiger partial charge >= 0.3 is 0 Å². The van der Waals surface area contributed by atoms with Gasteiger partial charge in [-0.2, -0.15) is 0 Å². The number of amides is 1. The molecule has 0 fully saturated rings. The molecule has 0 aliphatic rings. The molecule has 1 heterocycles. The highest BCUT2D eigenvalue weighted by Crippen LogP contribution is 2.12. The number of rotatable bonds is 1. The second-order valence-electron chi connectivity index (χ2n) is 2.01. The van der Waals surface area contributed by atoms with E-state index in [9.17, 15) is 4.79 Å². The lowest BCUT2D eigenvalue weighted by Crippen LogP contribution is -2.08. The van der Waals surface area contributed by atoms with E-state index >= 15 is 0 Å². The van der Waals surface area contributed by atoms with Gasteiger partial charge < -0.3 is 11.5 Å². The predicted molar refractivity (Wildman–Crippen MR) is 47.2 cm³/mol. The van der Waals surface area contributed by atoms with Crippen LogP contribution < -0.4 is 11.5 Å². The van der Waals surface area contributed by atoms with Gasteiger partial charge in [0.2, 0.25) is 5.91 Å². The average molecular weight is 181 g/mol. The Morgan fingerprint density at radius 1 is 1.75 bits per heavy atom. The standard InChI is InChI=1S/C7H7N3OS/c8-6(11)3-1-2-5-4-10-7(9)12-5/h4H,3H2,(H2,8,11)(H2,9,10). The van der Waals surface area contributed by atoms with Crippen LogP contribution in [-0.4, -0.2) is 10.9 Å². The van der Waals surface area contributed by atoms with Crippen molar-refractivity contribution in [3.8, 4) is 11.8 Å². The Morgan fingerprint density at radius 2 is 2.50 bits per heavy atom. The maximum Gasteiger partial charge on any atom is 0.229 e. The van der Waals surface area contributed by atoms with Crippen molar-refractivity contribution in [2.24, 2.45) is 5.73 Å². The second-order valence-corrected chi connectivity index (χ2v) is 3.07. The van der Waals surface area contributed by atoms with Crippen LogP contribution in [0.5, 0.6) is 0 Å². The van der Waals surface area contributed by atoms with Crippen molar-refractivity contribution in [1.82, 2.24) is 4.98 Å². The molecule has 4 nitrogen and oxygen atoms in total. The van der Waals surface area contributed by atoms with Gasteiger partial charge in [-0.3, -0.25) is 4.79 Å². The van der Waals surface area contributed by atoms with Crippen molar-refractivity contribution < 1.29 is 4.79 Å². The Bertz CT molecular complexity index is 347. The Balaban J connectivity index is 2.60. The number of carbonyl (C=O) groups is 1. The molecular formula is C7H7N3OS. The van der Waals surface area contributed by atoms with E-state index in [-0.39, 0.29) is 6.42 Å². The first kappa shape index (κ1) is 8.56. The summed E-state index contributed by atoms with van der Waals surface area (Å²) in [5, 5.41) is 0.471. The van der Waals surface area contributed by atoms with Crippen molar-refractivity contribution in [3.05, 3.63) is 11.1 Å². The summed E-state index contributed by atoms with van der Waals surface area (Å²) in [5.41, 5.74) is 10.2. The first-order chi connectivity index (χ1) is 5.68. The third-order valence-corrected chi connectivity index (χ3v) is 1.74. The summed E-state index contributed by atoms with van der Waals surface area (Å²) >= 11 is 1.28. The highest BCUT2D eigenvalue weighted by molar-refractivity contribution is 7.15. The van der Waals surface area contributed by atoms with Crippen LogP contribution in [0.2, 0.25) is 0 Å². The maximum absolute atomic E-state index is 10.3. The predicted octanol–water partition coefficient (Wildman–Crippen LogP) is -0.0478. The van der Waals surface area contributed by atoms with Crippen LogP contribution in [0.25, 0.3) is 0 Å². The van der Waals surface area contributed by atoms with Crippen molar-refractivity contribution in [2.45, 2.75) is 6.42 Å². The highest BCUT2D eigenvalue weighted by atomic mass is 32.1. The SMILES string of the molecule is NC(=O)CC#Cc1cnc(N)s1. The normalized spacial score (nSPS) is 8.67. The van der Waals surface area contributed by atoms with E-state index in [1.54, 1.807) is 6.20 Å². The largest absolute Gasteiger partial charge is 0.375 e. The van der Waals surface area contributed by atoms with Crippen molar-refractivity contribution in [1.29, 1.82) is 0 Å². The van der Waals surface area contributed by atoms with E-state index in [4.69, 9.17) is 11.5 Å². The molecule has 1 aromatic heterocycles. The fraction of sp³-hybridized carbons (Fsp3) is 0.143. The van der Waals surface area contributed by atoms with Crippen LogP contribution in [0.1, 0.15) is 11.3 Å². The fourth-order valence-corrected chi connectivity index (χ4v) is 1.12. The Hall–Kier alpha value is -1.54. The van der Waals surface area contributed by atoms with E-state index < -0.39 is 5.91 Å². The monoisotopic (exact) mass is 181 g/mol. The smallest absolute Gasteiger partial charge is 0.229 e. The number of nitrogen functional groups attached to an aromatic ring is 1. The maximum atomic E-state index is 10.3. The quantitative estimate of drug-likeness (QED) is 0.596. The topological polar surface area (TPSA) is 82.0 Å². The minimum absolute atomic E-state index is 0.0673. The molecule has 0 atom stereocenters.